The van der Waals surface area contributed by atoms with E-state index in [1.807, 2.05) is 78.2 Å². The van der Waals surface area contributed by atoms with Crippen molar-refractivity contribution in [1.82, 2.24) is 10.2 Å². The number of carbonyl (C=O) groups excluding carboxylic acids is 2. The highest BCUT2D eigenvalue weighted by atomic mass is 32.1. The molecule has 1 heterocycles. The first-order valence-electron chi connectivity index (χ1n) is 11.0. The number of thiophene rings is 1. The van der Waals surface area contributed by atoms with Crippen molar-refractivity contribution in [2.75, 3.05) is 0 Å². The lowest BCUT2D eigenvalue weighted by atomic mass is 10.0. The Balaban J connectivity index is 1.67. The van der Waals surface area contributed by atoms with Crippen LogP contribution in [0.25, 0.3) is 0 Å². The zero-order chi connectivity index (χ0) is 23.8. The van der Waals surface area contributed by atoms with Gasteiger partial charge in [0.2, 0.25) is 11.8 Å². The molecule has 4 rings (SSSR count). The van der Waals surface area contributed by atoms with Crippen molar-refractivity contribution >= 4 is 23.2 Å². The number of carbonyl (C=O) groups is 2. The van der Waals surface area contributed by atoms with Gasteiger partial charge >= 0.3 is 0 Å². The first-order valence-corrected chi connectivity index (χ1v) is 11.9. The van der Waals surface area contributed by atoms with Crippen molar-refractivity contribution in [1.29, 1.82) is 0 Å². The van der Waals surface area contributed by atoms with Gasteiger partial charge in [-0.3, -0.25) is 9.59 Å². The molecule has 0 spiro atoms. The molecular weight excluding hydrogens is 447 g/mol. The monoisotopic (exact) mass is 472 g/mol. The standard InChI is InChI=1S/C28H25FN2O2S/c29-24-15-13-23(14-16-24)27(28(33)30-19-21-8-3-1-4-9-21)31(20-22-10-5-2-6-11-22)26(32)18-25-12-7-17-34-25/h1-17,27H,18-20H2,(H,30,33)/t27-/m0/s1. The minimum absolute atomic E-state index is 0.171. The number of benzene rings is 3. The van der Waals surface area contributed by atoms with Gasteiger partial charge in [-0.25, -0.2) is 4.39 Å². The molecule has 2 amide bonds. The smallest absolute Gasteiger partial charge is 0.247 e. The predicted octanol–water partition coefficient (Wildman–Crippen LogP) is 5.52. The summed E-state index contributed by atoms with van der Waals surface area (Å²) < 4.78 is 13.7. The van der Waals surface area contributed by atoms with E-state index in [1.165, 1.54) is 23.5 Å². The summed E-state index contributed by atoms with van der Waals surface area (Å²) in [4.78, 5) is 29.6. The summed E-state index contributed by atoms with van der Waals surface area (Å²) in [5.41, 5.74) is 2.42. The Hall–Kier alpha value is -3.77. The SMILES string of the molecule is O=C(NCc1ccccc1)[C@H](c1ccc(F)cc1)N(Cc1ccccc1)C(=O)Cc1cccs1. The number of nitrogens with zero attached hydrogens (tertiary/aromatic N) is 1. The summed E-state index contributed by atoms with van der Waals surface area (Å²) in [6.07, 6.45) is 0.189. The highest BCUT2D eigenvalue weighted by Gasteiger charge is 2.31. The number of hydrogen-bond donors (Lipinski definition) is 1. The third-order valence-electron chi connectivity index (χ3n) is 5.48. The summed E-state index contributed by atoms with van der Waals surface area (Å²) in [7, 11) is 0. The average molecular weight is 473 g/mol. The molecule has 0 unspecified atom stereocenters. The molecule has 3 aromatic carbocycles. The maximum atomic E-state index is 13.7. The molecule has 34 heavy (non-hydrogen) atoms. The Labute approximate surface area is 202 Å². The Bertz CT molecular complexity index is 1200. The summed E-state index contributed by atoms with van der Waals surface area (Å²) in [6, 6.07) is 27.8. The van der Waals surface area contributed by atoms with Gasteiger partial charge in [-0.1, -0.05) is 78.9 Å². The van der Waals surface area contributed by atoms with Gasteiger partial charge in [0, 0.05) is 18.0 Å². The van der Waals surface area contributed by atoms with Crippen LogP contribution in [0.1, 0.15) is 27.6 Å². The second-order valence-electron chi connectivity index (χ2n) is 7.92. The fourth-order valence-electron chi connectivity index (χ4n) is 3.77. The Morgan fingerprint density at radius 1 is 0.824 bits per heavy atom. The van der Waals surface area contributed by atoms with E-state index in [0.717, 1.165) is 16.0 Å². The van der Waals surface area contributed by atoms with Gasteiger partial charge in [-0.2, -0.15) is 0 Å². The highest BCUT2D eigenvalue weighted by Crippen LogP contribution is 2.26. The Morgan fingerprint density at radius 3 is 2.09 bits per heavy atom. The topological polar surface area (TPSA) is 49.4 Å². The van der Waals surface area contributed by atoms with Crippen molar-refractivity contribution in [3.05, 3.63) is 130 Å². The molecule has 0 aliphatic carbocycles. The Morgan fingerprint density at radius 2 is 1.47 bits per heavy atom. The molecule has 0 aliphatic heterocycles. The van der Waals surface area contributed by atoms with Crippen LogP contribution in [0, 0.1) is 5.82 Å². The number of hydrogen-bond acceptors (Lipinski definition) is 3. The van der Waals surface area contributed by atoms with E-state index < -0.39 is 11.9 Å². The maximum absolute atomic E-state index is 13.7. The quantitative estimate of drug-likeness (QED) is 0.349. The molecular formula is C28H25FN2O2S. The molecule has 0 fully saturated rings. The van der Waals surface area contributed by atoms with Gasteiger partial charge in [0.15, 0.2) is 0 Å². The molecule has 4 aromatic rings. The lowest BCUT2D eigenvalue weighted by Crippen LogP contribution is -2.43. The largest absolute Gasteiger partial charge is 0.350 e. The van der Waals surface area contributed by atoms with Crippen LogP contribution in [-0.2, 0) is 29.1 Å². The van der Waals surface area contributed by atoms with Crippen molar-refractivity contribution in [2.45, 2.75) is 25.6 Å². The van der Waals surface area contributed by atoms with Gasteiger partial charge in [0.25, 0.3) is 0 Å². The van der Waals surface area contributed by atoms with E-state index in [-0.39, 0.29) is 24.8 Å². The molecule has 6 heteroatoms. The fourth-order valence-corrected chi connectivity index (χ4v) is 4.46. The van der Waals surface area contributed by atoms with Gasteiger partial charge in [-0.05, 0) is 40.3 Å². The summed E-state index contributed by atoms with van der Waals surface area (Å²) in [5.74, 6) is -0.881. The van der Waals surface area contributed by atoms with Crippen LogP contribution in [0.4, 0.5) is 4.39 Å². The third kappa shape index (κ3) is 6.17. The van der Waals surface area contributed by atoms with E-state index in [2.05, 4.69) is 5.32 Å². The van der Waals surface area contributed by atoms with Gasteiger partial charge < -0.3 is 10.2 Å². The average Bonchev–Trinajstić information content (AvgIpc) is 3.38. The number of rotatable bonds is 9. The number of halogens is 1. The molecule has 0 aliphatic rings. The van der Waals surface area contributed by atoms with Crippen LogP contribution in [-0.4, -0.2) is 16.7 Å². The zero-order valence-electron chi connectivity index (χ0n) is 18.6. The molecule has 1 atom stereocenters. The zero-order valence-corrected chi connectivity index (χ0v) is 19.4. The minimum Gasteiger partial charge on any atom is -0.350 e. The lowest BCUT2D eigenvalue weighted by molar-refractivity contribution is -0.141. The lowest BCUT2D eigenvalue weighted by Gasteiger charge is -2.31. The summed E-state index contributed by atoms with van der Waals surface area (Å²) in [5, 5.41) is 4.89. The Kier molecular flexibility index (Phi) is 7.83. The molecule has 0 bridgehead atoms. The van der Waals surface area contributed by atoms with Crippen molar-refractivity contribution in [3.8, 4) is 0 Å². The maximum Gasteiger partial charge on any atom is 0.247 e. The molecule has 1 N–H and O–H groups in total. The van der Waals surface area contributed by atoms with Gasteiger partial charge in [0.05, 0.1) is 6.42 Å². The highest BCUT2D eigenvalue weighted by molar-refractivity contribution is 7.10. The van der Waals surface area contributed by atoms with Crippen LogP contribution in [0.3, 0.4) is 0 Å². The predicted molar refractivity (Wildman–Crippen MR) is 132 cm³/mol. The first-order chi connectivity index (χ1) is 16.6. The molecule has 4 nitrogen and oxygen atoms in total. The normalized spacial score (nSPS) is 11.6. The number of amides is 2. The van der Waals surface area contributed by atoms with Crippen LogP contribution in [0.5, 0.6) is 0 Å². The van der Waals surface area contributed by atoms with Crippen molar-refractivity contribution in [2.24, 2.45) is 0 Å². The van der Waals surface area contributed by atoms with Crippen molar-refractivity contribution in [3.63, 3.8) is 0 Å². The van der Waals surface area contributed by atoms with E-state index in [0.29, 0.717) is 12.1 Å². The van der Waals surface area contributed by atoms with Crippen molar-refractivity contribution < 1.29 is 14.0 Å². The van der Waals surface area contributed by atoms with Gasteiger partial charge in [-0.15, -0.1) is 11.3 Å². The second kappa shape index (κ2) is 11.4. The summed E-state index contributed by atoms with van der Waals surface area (Å²) >= 11 is 1.50. The van der Waals surface area contributed by atoms with E-state index in [4.69, 9.17) is 0 Å². The van der Waals surface area contributed by atoms with Crippen LogP contribution in [0.2, 0.25) is 0 Å². The van der Waals surface area contributed by atoms with E-state index >= 15 is 0 Å². The molecule has 0 saturated carbocycles. The molecule has 0 radical (unpaired) electrons. The molecule has 1 aromatic heterocycles. The molecule has 0 saturated heterocycles. The third-order valence-corrected chi connectivity index (χ3v) is 6.35. The van der Waals surface area contributed by atoms with Gasteiger partial charge in [0.1, 0.15) is 11.9 Å². The second-order valence-corrected chi connectivity index (χ2v) is 8.95. The van der Waals surface area contributed by atoms with Crippen LogP contribution >= 0.6 is 11.3 Å². The summed E-state index contributed by atoms with van der Waals surface area (Å²) in [6.45, 7) is 0.585. The molecule has 172 valence electrons. The van der Waals surface area contributed by atoms with E-state index in [1.54, 1.807) is 17.0 Å². The van der Waals surface area contributed by atoms with Crippen LogP contribution < -0.4 is 5.32 Å². The first kappa shape index (κ1) is 23.4. The minimum atomic E-state index is -0.906. The fraction of sp³-hybridized carbons (Fsp3) is 0.143. The van der Waals surface area contributed by atoms with E-state index in [9.17, 15) is 14.0 Å². The van der Waals surface area contributed by atoms with Crippen LogP contribution in [0.15, 0.2) is 102 Å². The number of nitrogens with one attached hydrogen (secondary N) is 1.